The average Bonchev–Trinajstić information content (AvgIpc) is 3.07. The lowest BCUT2D eigenvalue weighted by Crippen LogP contribution is -2.54. The number of nitrogens with zero attached hydrogens (tertiary/aromatic N) is 1. The normalized spacial score (nSPS) is 25.0. The van der Waals surface area contributed by atoms with Crippen LogP contribution in [0.1, 0.15) is 18.6 Å². The fraction of sp³-hybridized carbons (Fsp3) is 0.733. The molecule has 0 bridgehead atoms. The van der Waals surface area contributed by atoms with Gasteiger partial charge in [-0.15, -0.1) is 0 Å². The molecule has 2 saturated heterocycles. The molecular formula is C15H23NO4. The number of aliphatic hydroxyl groups is 1. The third-order valence-electron chi connectivity index (χ3n) is 4.16. The smallest absolute Gasteiger partial charge is 0.117 e. The Morgan fingerprint density at radius 1 is 1.40 bits per heavy atom. The van der Waals surface area contributed by atoms with E-state index in [4.69, 9.17) is 13.9 Å². The molecule has 5 heteroatoms. The van der Waals surface area contributed by atoms with Gasteiger partial charge in [-0.25, -0.2) is 0 Å². The molecule has 0 saturated carbocycles. The zero-order valence-electron chi connectivity index (χ0n) is 11.8. The van der Waals surface area contributed by atoms with Crippen LogP contribution in [0.5, 0.6) is 0 Å². The largest absolute Gasteiger partial charge is 0.468 e. The first-order valence-electron chi connectivity index (χ1n) is 7.35. The molecule has 1 aromatic heterocycles. The van der Waals surface area contributed by atoms with Crippen molar-refractivity contribution in [3.05, 3.63) is 24.2 Å². The minimum atomic E-state index is -0.106. The summed E-state index contributed by atoms with van der Waals surface area (Å²) >= 11 is 0. The summed E-state index contributed by atoms with van der Waals surface area (Å²) in [7, 11) is 0. The maximum atomic E-state index is 9.61. The van der Waals surface area contributed by atoms with E-state index in [0.717, 1.165) is 44.8 Å². The van der Waals surface area contributed by atoms with E-state index in [-0.39, 0.29) is 12.0 Å². The fourth-order valence-corrected chi connectivity index (χ4v) is 2.98. The van der Waals surface area contributed by atoms with Crippen LogP contribution in [-0.2, 0) is 16.0 Å². The van der Waals surface area contributed by atoms with E-state index in [1.54, 1.807) is 6.26 Å². The lowest BCUT2D eigenvalue weighted by molar-refractivity contribution is -0.151. The van der Waals surface area contributed by atoms with E-state index in [9.17, 15) is 5.11 Å². The number of rotatable bonds is 7. The van der Waals surface area contributed by atoms with Gasteiger partial charge in [0.2, 0.25) is 0 Å². The van der Waals surface area contributed by atoms with Gasteiger partial charge in [0, 0.05) is 19.7 Å². The third kappa shape index (κ3) is 3.23. The summed E-state index contributed by atoms with van der Waals surface area (Å²) in [5, 5.41) is 9.61. The predicted octanol–water partition coefficient (Wildman–Crippen LogP) is 1.27. The van der Waals surface area contributed by atoms with Crippen LogP contribution < -0.4 is 0 Å². The average molecular weight is 281 g/mol. The molecular weight excluding hydrogens is 258 g/mol. The van der Waals surface area contributed by atoms with Crippen LogP contribution in [0.15, 0.2) is 22.8 Å². The van der Waals surface area contributed by atoms with Crippen molar-refractivity contribution in [3.8, 4) is 0 Å². The van der Waals surface area contributed by atoms with E-state index in [2.05, 4.69) is 4.90 Å². The van der Waals surface area contributed by atoms with Crippen molar-refractivity contribution >= 4 is 0 Å². The monoisotopic (exact) mass is 281 g/mol. The Bertz CT molecular complexity index is 391. The summed E-state index contributed by atoms with van der Waals surface area (Å²) in [6.45, 7) is 4.80. The summed E-state index contributed by atoms with van der Waals surface area (Å²) in [5.41, 5.74) is -0.106. The van der Waals surface area contributed by atoms with Crippen LogP contribution in [0.25, 0.3) is 0 Å². The van der Waals surface area contributed by atoms with Crippen molar-refractivity contribution in [3.63, 3.8) is 0 Å². The van der Waals surface area contributed by atoms with Crippen molar-refractivity contribution in [2.75, 3.05) is 39.5 Å². The Hall–Kier alpha value is -0.880. The molecule has 2 aliphatic heterocycles. The lowest BCUT2D eigenvalue weighted by Gasteiger charge is -2.43. The summed E-state index contributed by atoms with van der Waals surface area (Å²) in [5.74, 6) is 0.955. The zero-order valence-corrected chi connectivity index (χ0v) is 11.8. The Morgan fingerprint density at radius 2 is 2.30 bits per heavy atom. The minimum absolute atomic E-state index is 0.106. The highest BCUT2D eigenvalue weighted by Gasteiger charge is 2.40. The number of furan rings is 1. The number of hydrogen-bond donors (Lipinski definition) is 1. The van der Waals surface area contributed by atoms with Gasteiger partial charge >= 0.3 is 0 Å². The van der Waals surface area contributed by atoms with Crippen molar-refractivity contribution in [2.24, 2.45) is 5.41 Å². The molecule has 0 aromatic carbocycles. The molecule has 1 unspecified atom stereocenters. The number of ether oxygens (including phenoxy) is 2. The lowest BCUT2D eigenvalue weighted by atomic mass is 9.86. The molecule has 0 amide bonds. The molecule has 0 spiro atoms. The Labute approximate surface area is 119 Å². The quantitative estimate of drug-likeness (QED) is 0.815. The van der Waals surface area contributed by atoms with E-state index in [0.29, 0.717) is 19.3 Å². The van der Waals surface area contributed by atoms with Gasteiger partial charge in [-0.1, -0.05) is 0 Å². The standard InChI is InChI=1S/C15H23NO4/c17-10-15(11-18-12-15)9-16(7-13-3-1-5-19-13)8-14-4-2-6-20-14/h1,3,5,14,17H,2,4,6-12H2. The van der Waals surface area contributed by atoms with E-state index < -0.39 is 0 Å². The molecule has 20 heavy (non-hydrogen) atoms. The topological polar surface area (TPSA) is 55.1 Å². The predicted molar refractivity (Wildman–Crippen MR) is 73.3 cm³/mol. The van der Waals surface area contributed by atoms with Crippen molar-refractivity contribution in [2.45, 2.75) is 25.5 Å². The molecule has 5 nitrogen and oxygen atoms in total. The van der Waals surface area contributed by atoms with Gasteiger partial charge in [-0.3, -0.25) is 4.90 Å². The number of hydrogen-bond acceptors (Lipinski definition) is 5. The first-order chi connectivity index (χ1) is 9.80. The van der Waals surface area contributed by atoms with Gasteiger partial charge in [0.25, 0.3) is 0 Å². The van der Waals surface area contributed by atoms with Gasteiger partial charge in [-0.2, -0.15) is 0 Å². The number of aliphatic hydroxyl groups excluding tert-OH is 1. The van der Waals surface area contributed by atoms with Crippen LogP contribution >= 0.6 is 0 Å². The molecule has 1 aromatic rings. The summed E-state index contributed by atoms with van der Waals surface area (Å²) in [4.78, 5) is 2.33. The first kappa shape index (κ1) is 14.1. The van der Waals surface area contributed by atoms with Crippen molar-refractivity contribution in [1.82, 2.24) is 4.90 Å². The molecule has 2 fully saturated rings. The summed E-state index contributed by atoms with van der Waals surface area (Å²) in [6.07, 6.45) is 4.28. The Morgan fingerprint density at radius 3 is 2.85 bits per heavy atom. The van der Waals surface area contributed by atoms with Gasteiger partial charge in [-0.05, 0) is 25.0 Å². The second kappa shape index (κ2) is 6.26. The third-order valence-corrected chi connectivity index (χ3v) is 4.16. The molecule has 112 valence electrons. The van der Waals surface area contributed by atoms with Crippen molar-refractivity contribution in [1.29, 1.82) is 0 Å². The van der Waals surface area contributed by atoms with Crippen LogP contribution in [-0.4, -0.2) is 55.6 Å². The molecule has 0 radical (unpaired) electrons. The molecule has 2 aliphatic rings. The summed E-state index contributed by atoms with van der Waals surface area (Å²) < 4.78 is 16.5. The first-order valence-corrected chi connectivity index (χ1v) is 7.35. The van der Waals surface area contributed by atoms with Gasteiger partial charge in [0.15, 0.2) is 0 Å². The molecule has 1 atom stereocenters. The second-order valence-electron chi connectivity index (χ2n) is 6.03. The molecule has 0 aliphatic carbocycles. The Balaban J connectivity index is 1.62. The highest BCUT2D eigenvalue weighted by molar-refractivity contribution is 4.99. The van der Waals surface area contributed by atoms with Gasteiger partial charge < -0.3 is 19.0 Å². The highest BCUT2D eigenvalue weighted by Crippen LogP contribution is 2.29. The van der Waals surface area contributed by atoms with Crippen LogP contribution in [0, 0.1) is 5.41 Å². The second-order valence-corrected chi connectivity index (χ2v) is 6.03. The van der Waals surface area contributed by atoms with Gasteiger partial charge in [0.05, 0.1) is 44.1 Å². The molecule has 1 N–H and O–H groups in total. The minimum Gasteiger partial charge on any atom is -0.468 e. The molecule has 3 rings (SSSR count). The fourth-order valence-electron chi connectivity index (χ4n) is 2.98. The zero-order chi connectivity index (χ0) is 13.8. The van der Waals surface area contributed by atoms with E-state index in [1.807, 2.05) is 12.1 Å². The van der Waals surface area contributed by atoms with E-state index >= 15 is 0 Å². The van der Waals surface area contributed by atoms with Gasteiger partial charge in [0.1, 0.15) is 5.76 Å². The maximum absolute atomic E-state index is 9.61. The highest BCUT2D eigenvalue weighted by atomic mass is 16.5. The van der Waals surface area contributed by atoms with Crippen molar-refractivity contribution < 1.29 is 19.0 Å². The molecule has 3 heterocycles. The Kier molecular flexibility index (Phi) is 4.41. The SMILES string of the molecule is OCC1(CN(Cc2ccco2)CC2CCCO2)COC1. The maximum Gasteiger partial charge on any atom is 0.117 e. The van der Waals surface area contributed by atoms with Crippen LogP contribution in [0.2, 0.25) is 0 Å². The van der Waals surface area contributed by atoms with Crippen LogP contribution in [0.3, 0.4) is 0 Å². The summed E-state index contributed by atoms with van der Waals surface area (Å²) in [6, 6.07) is 3.90. The van der Waals surface area contributed by atoms with Crippen LogP contribution in [0.4, 0.5) is 0 Å². The van der Waals surface area contributed by atoms with E-state index in [1.165, 1.54) is 0 Å².